The second-order valence-electron chi connectivity index (χ2n) is 4.53. The molecular formula is C13H13BrFNO. The summed E-state index contributed by atoms with van der Waals surface area (Å²) in [6.07, 6.45) is 4.98. The van der Waals surface area contributed by atoms with Crippen LogP contribution >= 0.6 is 15.9 Å². The minimum absolute atomic E-state index is 0.255. The molecule has 17 heavy (non-hydrogen) atoms. The zero-order chi connectivity index (χ0) is 12.5. The van der Waals surface area contributed by atoms with Crippen LogP contribution in [-0.2, 0) is 10.3 Å². The van der Waals surface area contributed by atoms with E-state index >= 15 is 0 Å². The summed E-state index contributed by atoms with van der Waals surface area (Å²) in [5.74, 6) is -0.255. The highest BCUT2D eigenvalue weighted by molar-refractivity contribution is 9.10. The van der Waals surface area contributed by atoms with Crippen LogP contribution in [-0.4, -0.2) is 6.08 Å². The van der Waals surface area contributed by atoms with Crippen LogP contribution in [0.25, 0.3) is 0 Å². The van der Waals surface area contributed by atoms with E-state index in [-0.39, 0.29) is 5.82 Å². The van der Waals surface area contributed by atoms with Crippen molar-refractivity contribution in [3.8, 4) is 0 Å². The average Bonchev–Trinajstić information content (AvgIpc) is 2.73. The number of isocyanates is 1. The number of nitrogens with zero attached hydrogens (tertiary/aromatic N) is 1. The van der Waals surface area contributed by atoms with Crippen molar-refractivity contribution in [1.29, 1.82) is 0 Å². The van der Waals surface area contributed by atoms with Crippen LogP contribution in [0.15, 0.2) is 21.6 Å². The summed E-state index contributed by atoms with van der Waals surface area (Å²) in [6, 6.07) is 3.46. The fourth-order valence-corrected chi connectivity index (χ4v) is 3.13. The number of benzene rings is 1. The molecule has 1 aromatic carbocycles. The second kappa shape index (κ2) is 4.71. The van der Waals surface area contributed by atoms with Crippen LogP contribution in [0, 0.1) is 12.7 Å². The molecule has 0 spiro atoms. The Kier molecular flexibility index (Phi) is 3.45. The Bertz CT molecular complexity index is 488. The predicted octanol–water partition coefficient (Wildman–Crippen LogP) is 4.00. The Balaban J connectivity index is 2.61. The second-order valence-corrected chi connectivity index (χ2v) is 5.44. The molecule has 1 fully saturated rings. The van der Waals surface area contributed by atoms with Crippen molar-refractivity contribution in [2.45, 2.75) is 38.1 Å². The summed E-state index contributed by atoms with van der Waals surface area (Å²) in [5.41, 5.74) is 0.396. The van der Waals surface area contributed by atoms with E-state index in [1.54, 1.807) is 25.1 Å². The normalized spacial score (nSPS) is 17.8. The van der Waals surface area contributed by atoms with Gasteiger partial charge in [-0.05, 0) is 37.5 Å². The first-order chi connectivity index (χ1) is 8.09. The molecule has 0 radical (unpaired) electrons. The Labute approximate surface area is 108 Å². The van der Waals surface area contributed by atoms with Gasteiger partial charge in [0.1, 0.15) is 11.4 Å². The topological polar surface area (TPSA) is 29.4 Å². The van der Waals surface area contributed by atoms with Crippen molar-refractivity contribution < 1.29 is 9.18 Å². The van der Waals surface area contributed by atoms with E-state index in [0.717, 1.165) is 30.2 Å². The van der Waals surface area contributed by atoms with E-state index in [1.165, 1.54) is 0 Å². The van der Waals surface area contributed by atoms with Gasteiger partial charge in [-0.1, -0.05) is 28.8 Å². The van der Waals surface area contributed by atoms with Gasteiger partial charge >= 0.3 is 0 Å². The Morgan fingerprint density at radius 1 is 1.41 bits per heavy atom. The van der Waals surface area contributed by atoms with Crippen LogP contribution < -0.4 is 0 Å². The van der Waals surface area contributed by atoms with Crippen molar-refractivity contribution in [1.82, 2.24) is 0 Å². The van der Waals surface area contributed by atoms with Gasteiger partial charge < -0.3 is 0 Å². The summed E-state index contributed by atoms with van der Waals surface area (Å²) in [6.45, 7) is 1.72. The van der Waals surface area contributed by atoms with Gasteiger partial charge in [-0.15, -0.1) is 0 Å². The van der Waals surface area contributed by atoms with Crippen LogP contribution in [0.1, 0.15) is 36.8 Å². The molecule has 0 aromatic heterocycles. The van der Waals surface area contributed by atoms with Crippen LogP contribution in [0.2, 0.25) is 0 Å². The van der Waals surface area contributed by atoms with Gasteiger partial charge in [-0.2, -0.15) is 4.99 Å². The van der Waals surface area contributed by atoms with Crippen LogP contribution in [0.3, 0.4) is 0 Å². The number of rotatable bonds is 2. The molecule has 0 N–H and O–H groups in total. The fourth-order valence-electron chi connectivity index (χ4n) is 2.55. The molecule has 1 aliphatic carbocycles. The van der Waals surface area contributed by atoms with Gasteiger partial charge in [0.2, 0.25) is 6.08 Å². The maximum absolute atomic E-state index is 14.2. The number of hydrogen-bond acceptors (Lipinski definition) is 2. The maximum Gasteiger partial charge on any atom is 0.235 e. The number of aliphatic imine (C=N–C) groups is 1. The van der Waals surface area contributed by atoms with E-state index in [4.69, 9.17) is 0 Å². The maximum atomic E-state index is 14.2. The quantitative estimate of drug-likeness (QED) is 0.599. The summed E-state index contributed by atoms with van der Waals surface area (Å²) in [7, 11) is 0. The van der Waals surface area contributed by atoms with Crippen LogP contribution in [0.4, 0.5) is 4.39 Å². The van der Waals surface area contributed by atoms with Crippen molar-refractivity contribution in [3.05, 3.63) is 33.5 Å². The van der Waals surface area contributed by atoms with E-state index in [1.807, 2.05) is 0 Å². The Morgan fingerprint density at radius 3 is 2.65 bits per heavy atom. The smallest absolute Gasteiger partial charge is 0.211 e. The zero-order valence-corrected chi connectivity index (χ0v) is 11.2. The lowest BCUT2D eigenvalue weighted by atomic mass is 9.87. The molecule has 4 heteroatoms. The molecule has 0 unspecified atom stereocenters. The first-order valence-electron chi connectivity index (χ1n) is 5.64. The molecule has 0 amide bonds. The van der Waals surface area contributed by atoms with Gasteiger partial charge in [-0.25, -0.2) is 9.18 Å². The lowest BCUT2D eigenvalue weighted by Gasteiger charge is -2.24. The first kappa shape index (κ1) is 12.5. The van der Waals surface area contributed by atoms with Crippen molar-refractivity contribution >= 4 is 22.0 Å². The molecule has 2 nitrogen and oxygen atoms in total. The van der Waals surface area contributed by atoms with Crippen molar-refractivity contribution in [2.24, 2.45) is 4.99 Å². The molecule has 90 valence electrons. The SMILES string of the molecule is Cc1cc(Br)cc(C2(N=C=O)CCCC2)c1F. The predicted molar refractivity (Wildman–Crippen MR) is 67.1 cm³/mol. The third-order valence-electron chi connectivity index (χ3n) is 3.41. The number of carbonyl (C=O) groups excluding carboxylic acids is 1. The van der Waals surface area contributed by atoms with Gasteiger partial charge in [-0.3, -0.25) is 0 Å². The highest BCUT2D eigenvalue weighted by Crippen LogP contribution is 2.44. The average molecular weight is 298 g/mol. The summed E-state index contributed by atoms with van der Waals surface area (Å²) in [5, 5.41) is 0. The summed E-state index contributed by atoms with van der Waals surface area (Å²) < 4.78 is 15.0. The highest BCUT2D eigenvalue weighted by atomic mass is 79.9. The standard InChI is InChI=1S/C13H13BrFNO/c1-9-6-10(14)7-11(12(9)15)13(16-8-17)4-2-3-5-13/h6-7H,2-5H2,1H3. The molecule has 1 aliphatic rings. The molecule has 0 atom stereocenters. The number of halogens is 2. The highest BCUT2D eigenvalue weighted by Gasteiger charge is 2.38. The first-order valence-corrected chi connectivity index (χ1v) is 6.43. The zero-order valence-electron chi connectivity index (χ0n) is 9.59. The minimum atomic E-state index is -0.694. The Morgan fingerprint density at radius 2 is 2.06 bits per heavy atom. The largest absolute Gasteiger partial charge is 0.235 e. The summed E-state index contributed by atoms with van der Waals surface area (Å²) >= 11 is 3.36. The monoisotopic (exact) mass is 297 g/mol. The molecule has 1 saturated carbocycles. The van der Waals surface area contributed by atoms with Gasteiger partial charge in [0, 0.05) is 10.0 Å². The number of hydrogen-bond donors (Lipinski definition) is 0. The third-order valence-corrected chi connectivity index (χ3v) is 3.87. The van der Waals surface area contributed by atoms with Gasteiger partial charge in [0.15, 0.2) is 0 Å². The lowest BCUT2D eigenvalue weighted by molar-refractivity contribution is 0.429. The number of aryl methyl sites for hydroxylation is 1. The lowest BCUT2D eigenvalue weighted by Crippen LogP contribution is -2.21. The van der Waals surface area contributed by atoms with E-state index in [9.17, 15) is 9.18 Å². The van der Waals surface area contributed by atoms with E-state index in [2.05, 4.69) is 20.9 Å². The molecule has 1 aromatic rings. The Hall–Kier alpha value is -0.990. The van der Waals surface area contributed by atoms with E-state index in [0.29, 0.717) is 11.1 Å². The van der Waals surface area contributed by atoms with Crippen LogP contribution in [0.5, 0.6) is 0 Å². The van der Waals surface area contributed by atoms with Gasteiger partial charge in [0.05, 0.1) is 0 Å². The van der Waals surface area contributed by atoms with Crippen molar-refractivity contribution in [2.75, 3.05) is 0 Å². The molecular weight excluding hydrogens is 285 g/mol. The van der Waals surface area contributed by atoms with Gasteiger partial charge in [0.25, 0.3) is 0 Å². The third kappa shape index (κ3) is 2.20. The van der Waals surface area contributed by atoms with Crippen molar-refractivity contribution in [3.63, 3.8) is 0 Å². The summed E-state index contributed by atoms with van der Waals surface area (Å²) in [4.78, 5) is 14.5. The molecule has 0 heterocycles. The molecule has 0 saturated heterocycles. The minimum Gasteiger partial charge on any atom is -0.211 e. The fraction of sp³-hybridized carbons (Fsp3) is 0.462. The molecule has 0 bridgehead atoms. The molecule has 0 aliphatic heterocycles. The van der Waals surface area contributed by atoms with E-state index < -0.39 is 5.54 Å². The molecule has 2 rings (SSSR count).